The van der Waals surface area contributed by atoms with E-state index < -0.39 is 42.1 Å². The number of hydrogen-bond acceptors (Lipinski definition) is 1. The predicted molar refractivity (Wildman–Crippen MR) is 57.2 cm³/mol. The summed E-state index contributed by atoms with van der Waals surface area (Å²) in [6.07, 6.45) is -9.74. The Bertz CT molecular complexity index is 364. The van der Waals surface area contributed by atoms with Crippen LogP contribution in [-0.4, -0.2) is 23.4 Å². The Morgan fingerprint density at radius 2 is 1.17 bits per heavy atom. The zero-order valence-electron chi connectivity index (χ0n) is 9.87. The Morgan fingerprint density at radius 3 is 1.39 bits per heavy atom. The summed E-state index contributed by atoms with van der Waals surface area (Å²) in [5.41, 5.74) is -2.95. The monoisotopic (exact) mass is 379 g/mol. The number of nitrogens with zero attached hydrogens (tertiary/aromatic N) is 1. The van der Waals surface area contributed by atoms with E-state index in [2.05, 4.69) is 4.98 Å². The third kappa shape index (κ3) is 3.76. The van der Waals surface area contributed by atoms with E-state index in [1.54, 1.807) is 14.8 Å². The summed E-state index contributed by atoms with van der Waals surface area (Å²) in [5.74, 6) is 0. The summed E-state index contributed by atoms with van der Waals surface area (Å²) < 4.78 is 75.3. The van der Waals surface area contributed by atoms with Gasteiger partial charge in [-0.15, -0.1) is 0 Å². The van der Waals surface area contributed by atoms with Gasteiger partial charge >= 0.3 is 104 Å². The van der Waals surface area contributed by atoms with Gasteiger partial charge in [0, 0.05) is 0 Å². The molecule has 1 nitrogen and oxygen atoms in total. The average molecular weight is 378 g/mol. The summed E-state index contributed by atoms with van der Waals surface area (Å²) in [6, 6.07) is 1.48. The van der Waals surface area contributed by atoms with Crippen LogP contribution < -0.4 is 3.58 Å². The molecule has 0 amide bonds. The van der Waals surface area contributed by atoms with Gasteiger partial charge in [-0.2, -0.15) is 0 Å². The van der Waals surface area contributed by atoms with E-state index in [9.17, 15) is 26.3 Å². The molecule has 0 bridgehead atoms. The molecule has 1 aromatic heterocycles. The first-order valence-corrected chi connectivity index (χ1v) is 15.0. The van der Waals surface area contributed by atoms with Crippen molar-refractivity contribution < 1.29 is 26.3 Å². The summed E-state index contributed by atoms with van der Waals surface area (Å²) in [5, 5.41) is 0. The molecule has 0 unspecified atom stereocenters. The zero-order valence-corrected chi connectivity index (χ0v) is 12.7. The number of hydrogen-bond donors (Lipinski definition) is 0. The van der Waals surface area contributed by atoms with E-state index in [0.29, 0.717) is 0 Å². The summed E-state index contributed by atoms with van der Waals surface area (Å²) >= 11 is -3.04. The van der Waals surface area contributed by atoms with Crippen LogP contribution in [0.3, 0.4) is 0 Å². The molecule has 0 aromatic carbocycles. The van der Waals surface area contributed by atoms with Crippen LogP contribution in [0.25, 0.3) is 0 Å². The first kappa shape index (κ1) is 15.6. The van der Waals surface area contributed by atoms with Crippen LogP contribution in [0.1, 0.15) is 11.4 Å². The molecule has 0 radical (unpaired) electrons. The van der Waals surface area contributed by atoms with Crippen LogP contribution >= 0.6 is 0 Å². The van der Waals surface area contributed by atoms with Crippen molar-refractivity contribution in [3.8, 4) is 0 Å². The number of halogens is 6. The van der Waals surface area contributed by atoms with Gasteiger partial charge in [0.1, 0.15) is 0 Å². The van der Waals surface area contributed by atoms with Crippen molar-refractivity contribution in [2.75, 3.05) is 0 Å². The summed E-state index contributed by atoms with van der Waals surface area (Å²) in [4.78, 5) is 7.89. The maximum atomic E-state index is 12.5. The van der Waals surface area contributed by atoms with Gasteiger partial charge in [-0.05, 0) is 0 Å². The molecule has 0 spiro atoms. The van der Waals surface area contributed by atoms with Gasteiger partial charge in [-0.3, -0.25) is 0 Å². The molecule has 1 heterocycles. The molecule has 0 atom stereocenters. The summed E-state index contributed by atoms with van der Waals surface area (Å²) in [6.45, 7) is 0. The van der Waals surface area contributed by atoms with Crippen LogP contribution in [-0.2, 0) is 12.4 Å². The molecule has 0 saturated carbocycles. The number of rotatable bonds is 1. The second kappa shape index (κ2) is 4.57. The van der Waals surface area contributed by atoms with Crippen molar-refractivity contribution >= 4 is 22.0 Å². The molecule has 0 aliphatic heterocycles. The fraction of sp³-hybridized carbons (Fsp3) is 0.500. The fourth-order valence-corrected chi connectivity index (χ4v) is 4.51. The van der Waals surface area contributed by atoms with Crippen molar-refractivity contribution in [3.63, 3.8) is 0 Å². The quantitative estimate of drug-likeness (QED) is 0.537. The molecule has 1 rings (SSSR count). The molecule has 0 N–H and O–H groups in total. The molecule has 18 heavy (non-hydrogen) atoms. The predicted octanol–water partition coefficient (Wildman–Crippen LogP) is 3.66. The standard InChI is InChI=1S/C7H2F6N.3CH3.Sn/c8-6(9,10)4-2-1-3-5(14-4)7(11,12)13;;;;/h2-3H;3*1H3;. The fourth-order valence-electron chi connectivity index (χ4n) is 1.25. The Morgan fingerprint density at radius 1 is 0.833 bits per heavy atom. The van der Waals surface area contributed by atoms with E-state index in [-0.39, 0.29) is 3.58 Å². The van der Waals surface area contributed by atoms with Crippen LogP contribution in [0.2, 0.25) is 14.8 Å². The Kier molecular flexibility index (Phi) is 3.96. The zero-order chi connectivity index (χ0) is 14.4. The normalized spacial score (nSPS) is 13.8. The minimum atomic E-state index is -4.87. The number of alkyl halides is 6. The molecule has 8 heteroatoms. The van der Waals surface area contributed by atoms with E-state index in [1.807, 2.05) is 0 Å². The second-order valence-corrected chi connectivity index (χ2v) is 19.4. The summed E-state index contributed by atoms with van der Waals surface area (Å²) in [7, 11) is 0. The van der Waals surface area contributed by atoms with Crippen molar-refractivity contribution in [2.45, 2.75) is 27.2 Å². The van der Waals surface area contributed by atoms with E-state index in [4.69, 9.17) is 0 Å². The van der Waals surface area contributed by atoms with Gasteiger partial charge in [-0.1, -0.05) is 0 Å². The van der Waals surface area contributed by atoms with Gasteiger partial charge in [0.15, 0.2) is 0 Å². The molecule has 1 aromatic rings. The third-order valence-electron chi connectivity index (χ3n) is 2.27. The molecule has 0 fully saturated rings. The van der Waals surface area contributed by atoms with Crippen LogP contribution in [0.4, 0.5) is 26.3 Å². The second-order valence-electron chi connectivity index (χ2n) is 4.87. The van der Waals surface area contributed by atoms with Crippen molar-refractivity contribution in [1.82, 2.24) is 4.98 Å². The average Bonchev–Trinajstić information content (AvgIpc) is 2.13. The Hall–Kier alpha value is -0.471. The Balaban J connectivity index is 3.49. The number of aromatic nitrogens is 1. The van der Waals surface area contributed by atoms with Crippen LogP contribution in [0.15, 0.2) is 12.1 Å². The topological polar surface area (TPSA) is 12.9 Å². The van der Waals surface area contributed by atoms with Gasteiger partial charge in [-0.25, -0.2) is 0 Å². The molecule has 102 valence electrons. The molecular formula is C10H11F6NSn. The molecule has 0 saturated heterocycles. The maximum absolute atomic E-state index is 12.5. The first-order valence-electron chi connectivity index (χ1n) is 4.99. The van der Waals surface area contributed by atoms with Gasteiger partial charge in [0.05, 0.1) is 0 Å². The van der Waals surface area contributed by atoms with Crippen molar-refractivity contribution in [3.05, 3.63) is 23.5 Å². The molecule has 0 aliphatic carbocycles. The van der Waals surface area contributed by atoms with Gasteiger partial charge in [0.25, 0.3) is 0 Å². The van der Waals surface area contributed by atoms with Gasteiger partial charge in [0.2, 0.25) is 0 Å². The third-order valence-corrected chi connectivity index (χ3v) is 8.04. The first-order chi connectivity index (χ1) is 7.82. The van der Waals surface area contributed by atoms with E-state index in [1.165, 1.54) is 0 Å². The van der Waals surface area contributed by atoms with Crippen LogP contribution in [0.5, 0.6) is 0 Å². The minimum absolute atomic E-state index is 0.152. The van der Waals surface area contributed by atoms with Gasteiger partial charge < -0.3 is 0 Å². The Labute approximate surface area is 104 Å². The van der Waals surface area contributed by atoms with Crippen molar-refractivity contribution in [2.24, 2.45) is 0 Å². The molecule has 0 aliphatic rings. The van der Waals surface area contributed by atoms with Crippen molar-refractivity contribution in [1.29, 1.82) is 0 Å². The SMILES string of the molecule is [CH3][Sn]([CH3])([CH3])[c]1cc(C(F)(F)F)nc(C(F)(F)F)c1. The van der Waals surface area contributed by atoms with E-state index in [0.717, 1.165) is 12.1 Å². The van der Waals surface area contributed by atoms with E-state index >= 15 is 0 Å². The number of pyridine rings is 1. The molecular weight excluding hydrogens is 367 g/mol. The van der Waals surface area contributed by atoms with Crippen LogP contribution in [0, 0.1) is 0 Å².